The van der Waals surface area contributed by atoms with Crippen molar-refractivity contribution >= 4 is 21.6 Å². The van der Waals surface area contributed by atoms with Crippen molar-refractivity contribution in [3.8, 4) is 0 Å². The molecule has 1 aliphatic carbocycles. The van der Waals surface area contributed by atoms with Crippen molar-refractivity contribution in [2.24, 2.45) is 5.73 Å². The summed E-state index contributed by atoms with van der Waals surface area (Å²) in [7, 11) is 0. The Bertz CT molecular complexity index is 843. The molecule has 0 unspecified atom stereocenters. The van der Waals surface area contributed by atoms with Crippen molar-refractivity contribution in [3.05, 3.63) is 41.0 Å². The molecule has 25 heavy (non-hydrogen) atoms. The maximum Gasteiger partial charge on any atom is 0.233 e. The minimum atomic E-state index is -0.384. The Morgan fingerprint density at radius 1 is 1.20 bits per heavy atom. The number of nitrogens with zero attached hydrogens (tertiary/aromatic N) is 3. The smallest absolute Gasteiger partial charge is 0.233 e. The molecular formula is C19H24N4OS. The van der Waals surface area contributed by atoms with Crippen LogP contribution in [0.3, 0.4) is 0 Å². The molecular weight excluding hydrogens is 332 g/mol. The van der Waals surface area contributed by atoms with Crippen molar-refractivity contribution in [3.63, 3.8) is 0 Å². The summed E-state index contributed by atoms with van der Waals surface area (Å²) in [6, 6.07) is 8.27. The standard InChI is InChI=1S/C19H24N4OS/c1-3-18(4-2,12-15-21-13-8-5-6-9-14(13)25-15)17-22-16(23-24-17)19(20)10-7-11-19/h5-6,8-9H,3-4,7,10-12,20H2,1-2H3. The van der Waals surface area contributed by atoms with Crippen LogP contribution < -0.4 is 5.73 Å². The van der Waals surface area contributed by atoms with Gasteiger partial charge in [-0.2, -0.15) is 4.98 Å². The second kappa shape index (κ2) is 6.18. The van der Waals surface area contributed by atoms with Gasteiger partial charge < -0.3 is 10.3 Å². The highest BCUT2D eigenvalue weighted by molar-refractivity contribution is 7.18. The molecule has 0 atom stereocenters. The van der Waals surface area contributed by atoms with E-state index in [1.165, 1.54) is 4.70 Å². The summed E-state index contributed by atoms with van der Waals surface area (Å²) >= 11 is 1.75. The van der Waals surface area contributed by atoms with Crippen molar-refractivity contribution in [2.45, 2.75) is 63.3 Å². The molecule has 0 aliphatic heterocycles. The predicted molar refractivity (Wildman–Crippen MR) is 99.6 cm³/mol. The van der Waals surface area contributed by atoms with Crippen LogP contribution in [0.25, 0.3) is 10.2 Å². The van der Waals surface area contributed by atoms with Gasteiger partial charge in [0.05, 0.1) is 26.2 Å². The fourth-order valence-corrected chi connectivity index (χ4v) is 4.70. The van der Waals surface area contributed by atoms with Crippen molar-refractivity contribution < 1.29 is 4.52 Å². The lowest BCUT2D eigenvalue weighted by Gasteiger charge is -2.34. The van der Waals surface area contributed by atoms with E-state index in [-0.39, 0.29) is 11.0 Å². The molecule has 6 heteroatoms. The van der Waals surface area contributed by atoms with Gasteiger partial charge in [-0.1, -0.05) is 31.1 Å². The Hall–Kier alpha value is -1.79. The largest absolute Gasteiger partial charge is 0.339 e. The van der Waals surface area contributed by atoms with Crippen LogP contribution in [0.1, 0.15) is 62.7 Å². The molecule has 132 valence electrons. The molecule has 2 N–H and O–H groups in total. The molecule has 1 aliphatic rings. The highest BCUT2D eigenvalue weighted by atomic mass is 32.1. The van der Waals surface area contributed by atoms with Gasteiger partial charge >= 0.3 is 0 Å². The second-order valence-electron chi connectivity index (χ2n) is 7.17. The molecule has 1 fully saturated rings. The minimum Gasteiger partial charge on any atom is -0.339 e. The van der Waals surface area contributed by atoms with E-state index in [4.69, 9.17) is 20.2 Å². The van der Waals surface area contributed by atoms with Crippen LogP contribution in [0.5, 0.6) is 0 Å². The van der Waals surface area contributed by atoms with Gasteiger partial charge in [0, 0.05) is 6.42 Å². The number of fused-ring (bicyclic) bond motifs is 1. The van der Waals surface area contributed by atoms with Crippen LogP contribution in [0.2, 0.25) is 0 Å². The summed E-state index contributed by atoms with van der Waals surface area (Å²) in [5.41, 5.74) is 6.87. The second-order valence-corrected chi connectivity index (χ2v) is 8.29. The van der Waals surface area contributed by atoms with Gasteiger partial charge in [-0.3, -0.25) is 0 Å². The van der Waals surface area contributed by atoms with Gasteiger partial charge in [0.2, 0.25) is 5.89 Å². The number of para-hydroxylation sites is 1. The van der Waals surface area contributed by atoms with Crippen LogP contribution in [-0.2, 0) is 17.4 Å². The Morgan fingerprint density at radius 2 is 1.96 bits per heavy atom. The number of rotatable bonds is 6. The van der Waals surface area contributed by atoms with Crippen molar-refractivity contribution in [1.82, 2.24) is 15.1 Å². The van der Waals surface area contributed by atoms with Crippen molar-refractivity contribution in [2.75, 3.05) is 0 Å². The number of hydrogen-bond donors (Lipinski definition) is 1. The summed E-state index contributed by atoms with van der Waals surface area (Å²) in [6.45, 7) is 4.37. The van der Waals surface area contributed by atoms with Gasteiger partial charge in [0.1, 0.15) is 0 Å². The molecule has 1 aromatic carbocycles. The number of nitrogens with two attached hydrogens (primary N) is 1. The van der Waals surface area contributed by atoms with E-state index in [0.717, 1.165) is 49.0 Å². The summed E-state index contributed by atoms with van der Waals surface area (Å²) < 4.78 is 6.94. The lowest BCUT2D eigenvalue weighted by Crippen LogP contribution is -2.44. The quantitative estimate of drug-likeness (QED) is 0.712. The maximum atomic E-state index is 6.37. The number of aromatic nitrogens is 3. The Balaban J connectivity index is 1.67. The molecule has 0 bridgehead atoms. The van der Waals surface area contributed by atoms with Gasteiger partial charge in [0.25, 0.3) is 0 Å². The van der Waals surface area contributed by atoms with Crippen LogP contribution in [0, 0.1) is 0 Å². The molecule has 5 nitrogen and oxygen atoms in total. The van der Waals surface area contributed by atoms with E-state index in [2.05, 4.69) is 37.2 Å². The zero-order chi connectivity index (χ0) is 17.5. The van der Waals surface area contributed by atoms with Gasteiger partial charge in [-0.05, 0) is 44.2 Å². The monoisotopic (exact) mass is 356 g/mol. The maximum absolute atomic E-state index is 6.37. The Kier molecular flexibility index (Phi) is 4.12. The Labute approximate surface area is 151 Å². The third-order valence-electron chi connectivity index (χ3n) is 5.75. The average molecular weight is 356 g/mol. The fourth-order valence-electron chi connectivity index (χ4n) is 3.59. The molecule has 2 heterocycles. The lowest BCUT2D eigenvalue weighted by molar-refractivity contribution is 0.224. The molecule has 0 saturated heterocycles. The van der Waals surface area contributed by atoms with Gasteiger partial charge in [-0.15, -0.1) is 11.3 Å². The third-order valence-corrected chi connectivity index (χ3v) is 6.79. The first-order valence-corrected chi connectivity index (χ1v) is 9.88. The third kappa shape index (κ3) is 2.77. The topological polar surface area (TPSA) is 77.8 Å². The zero-order valence-corrected chi connectivity index (χ0v) is 15.6. The molecule has 1 saturated carbocycles. The highest BCUT2D eigenvalue weighted by Crippen LogP contribution is 2.40. The highest BCUT2D eigenvalue weighted by Gasteiger charge is 2.42. The fraction of sp³-hybridized carbons (Fsp3) is 0.526. The van der Waals surface area contributed by atoms with E-state index in [0.29, 0.717) is 11.7 Å². The molecule has 3 aromatic rings. The molecule has 0 radical (unpaired) electrons. The summed E-state index contributed by atoms with van der Waals surface area (Å²) in [6.07, 6.45) is 5.69. The SMILES string of the molecule is CCC(CC)(Cc1nc2ccccc2s1)c1nc(C2(N)CCC2)no1. The number of benzene rings is 1. The van der Waals surface area contributed by atoms with E-state index >= 15 is 0 Å². The van der Waals surface area contributed by atoms with Crippen LogP contribution in [0.15, 0.2) is 28.8 Å². The Morgan fingerprint density at radius 3 is 2.60 bits per heavy atom. The van der Waals surface area contributed by atoms with Gasteiger partial charge in [0.15, 0.2) is 5.82 Å². The summed E-state index contributed by atoms with van der Waals surface area (Å²) in [5, 5.41) is 5.35. The molecule has 0 amide bonds. The van der Waals surface area contributed by atoms with Crippen LogP contribution in [-0.4, -0.2) is 15.1 Å². The van der Waals surface area contributed by atoms with E-state index in [9.17, 15) is 0 Å². The predicted octanol–water partition coefficient (Wildman–Crippen LogP) is 4.32. The molecule has 0 spiro atoms. The number of hydrogen-bond acceptors (Lipinski definition) is 6. The van der Waals surface area contributed by atoms with E-state index in [1.54, 1.807) is 11.3 Å². The lowest BCUT2D eigenvalue weighted by atomic mass is 9.76. The van der Waals surface area contributed by atoms with E-state index in [1.807, 2.05) is 6.07 Å². The average Bonchev–Trinajstić information content (AvgIpc) is 3.24. The first-order chi connectivity index (χ1) is 12.1. The van der Waals surface area contributed by atoms with Gasteiger partial charge in [-0.25, -0.2) is 4.98 Å². The molecule has 4 rings (SSSR count). The van der Waals surface area contributed by atoms with Crippen LogP contribution >= 0.6 is 11.3 Å². The molecule has 2 aromatic heterocycles. The normalized spacial score (nSPS) is 16.9. The zero-order valence-electron chi connectivity index (χ0n) is 14.8. The number of thiazole rings is 1. The van der Waals surface area contributed by atoms with Crippen LogP contribution in [0.4, 0.5) is 0 Å². The summed E-state index contributed by atoms with van der Waals surface area (Å²) in [5.74, 6) is 1.38. The minimum absolute atomic E-state index is 0.181. The summed E-state index contributed by atoms with van der Waals surface area (Å²) in [4.78, 5) is 9.55. The first kappa shape index (κ1) is 16.7. The first-order valence-electron chi connectivity index (χ1n) is 9.06. The van der Waals surface area contributed by atoms with Crippen molar-refractivity contribution in [1.29, 1.82) is 0 Å². The van der Waals surface area contributed by atoms with E-state index < -0.39 is 0 Å².